The number of amides is 1. The van der Waals surface area contributed by atoms with Crippen molar-refractivity contribution < 1.29 is 24.2 Å². The number of aromatic hydroxyl groups is 1. The van der Waals surface area contributed by atoms with Gasteiger partial charge in [-0.25, -0.2) is 9.59 Å². The Kier molecular flexibility index (Phi) is 5.51. The Hall–Kier alpha value is -2.76. The number of carbonyl (C=O) groups excluding carboxylic acids is 2. The van der Waals surface area contributed by atoms with Crippen LogP contribution in [0.25, 0.3) is 10.8 Å². The van der Waals surface area contributed by atoms with E-state index in [1.807, 2.05) is 18.2 Å². The van der Waals surface area contributed by atoms with Gasteiger partial charge in [-0.1, -0.05) is 30.3 Å². The van der Waals surface area contributed by atoms with E-state index in [-0.39, 0.29) is 12.2 Å². The molecule has 6 nitrogen and oxygen atoms in total. The topological polar surface area (TPSA) is 84.9 Å². The predicted molar refractivity (Wildman–Crippen MR) is 94.5 cm³/mol. The highest BCUT2D eigenvalue weighted by molar-refractivity contribution is 5.91. The van der Waals surface area contributed by atoms with Crippen molar-refractivity contribution in [2.24, 2.45) is 0 Å². The van der Waals surface area contributed by atoms with E-state index in [4.69, 9.17) is 9.47 Å². The summed E-state index contributed by atoms with van der Waals surface area (Å²) in [6.45, 7) is 5.23. The third kappa shape index (κ3) is 4.86. The van der Waals surface area contributed by atoms with Crippen LogP contribution in [0, 0.1) is 0 Å². The third-order valence-corrected chi connectivity index (χ3v) is 3.59. The van der Waals surface area contributed by atoms with Gasteiger partial charge < -0.3 is 19.9 Å². The second kappa shape index (κ2) is 7.42. The summed E-state index contributed by atoms with van der Waals surface area (Å²) in [5, 5.41) is 14.0. The Morgan fingerprint density at radius 1 is 1.12 bits per heavy atom. The zero-order valence-electron chi connectivity index (χ0n) is 14.8. The van der Waals surface area contributed by atoms with Gasteiger partial charge in [0.1, 0.15) is 17.4 Å². The predicted octanol–water partition coefficient (Wildman–Crippen LogP) is 3.15. The molecule has 0 saturated heterocycles. The first-order chi connectivity index (χ1) is 11.7. The number of alkyl carbamates (subject to hydrolysis) is 1. The van der Waals surface area contributed by atoms with Crippen LogP contribution in [0.4, 0.5) is 4.79 Å². The number of phenolic OH excluding ortho intramolecular Hbond substituents is 1. The number of nitrogens with one attached hydrogen (secondary N) is 1. The average molecular weight is 345 g/mol. The van der Waals surface area contributed by atoms with Gasteiger partial charge in [-0.15, -0.1) is 0 Å². The minimum absolute atomic E-state index is 0.161. The fourth-order valence-corrected chi connectivity index (χ4v) is 2.53. The van der Waals surface area contributed by atoms with Crippen LogP contribution in [0.3, 0.4) is 0 Å². The minimum Gasteiger partial charge on any atom is -0.507 e. The first kappa shape index (κ1) is 18.6. The lowest BCUT2D eigenvalue weighted by molar-refractivity contribution is -0.143. The van der Waals surface area contributed by atoms with Crippen molar-refractivity contribution in [2.75, 3.05) is 7.11 Å². The molecule has 0 radical (unpaired) electrons. The van der Waals surface area contributed by atoms with Gasteiger partial charge in [0.2, 0.25) is 0 Å². The van der Waals surface area contributed by atoms with Crippen molar-refractivity contribution in [2.45, 2.75) is 38.8 Å². The van der Waals surface area contributed by atoms with Crippen molar-refractivity contribution in [1.82, 2.24) is 5.32 Å². The number of hydrogen-bond acceptors (Lipinski definition) is 5. The number of methoxy groups -OCH3 is 1. The second-order valence-corrected chi connectivity index (χ2v) is 6.72. The van der Waals surface area contributed by atoms with E-state index < -0.39 is 23.7 Å². The van der Waals surface area contributed by atoms with E-state index in [0.717, 1.165) is 10.9 Å². The van der Waals surface area contributed by atoms with E-state index in [2.05, 4.69) is 5.32 Å². The molecule has 0 saturated carbocycles. The molecule has 134 valence electrons. The van der Waals surface area contributed by atoms with Crippen LogP contribution in [-0.4, -0.2) is 35.9 Å². The number of hydrogen-bond donors (Lipinski definition) is 2. The van der Waals surface area contributed by atoms with Crippen LogP contribution < -0.4 is 5.32 Å². The van der Waals surface area contributed by atoms with E-state index in [0.29, 0.717) is 5.39 Å². The van der Waals surface area contributed by atoms with Crippen molar-refractivity contribution in [3.8, 4) is 5.75 Å². The van der Waals surface area contributed by atoms with Gasteiger partial charge in [-0.2, -0.15) is 0 Å². The summed E-state index contributed by atoms with van der Waals surface area (Å²) in [5.41, 5.74) is 0.135. The second-order valence-electron chi connectivity index (χ2n) is 6.72. The maximum absolute atomic E-state index is 12.1. The fourth-order valence-electron chi connectivity index (χ4n) is 2.53. The van der Waals surface area contributed by atoms with Gasteiger partial charge in [0.15, 0.2) is 0 Å². The number of carbonyl (C=O) groups is 2. The van der Waals surface area contributed by atoms with E-state index in [1.165, 1.54) is 7.11 Å². The molecule has 6 heteroatoms. The standard InChI is InChI=1S/C19H23NO5/c1-19(2,3)25-18(23)20-15(17(22)24-4)11-12-9-10-16(21)14-8-6-5-7-13(12)14/h5-10,15,21H,11H2,1-4H3,(H,20,23)/t15-/m0/s1. The molecule has 2 N–H and O–H groups in total. The molecule has 0 fully saturated rings. The number of rotatable bonds is 4. The molecule has 0 spiro atoms. The van der Waals surface area contributed by atoms with Crippen LogP contribution in [0.1, 0.15) is 26.3 Å². The highest BCUT2D eigenvalue weighted by atomic mass is 16.6. The number of ether oxygens (including phenoxy) is 2. The molecule has 1 amide bonds. The average Bonchev–Trinajstić information content (AvgIpc) is 2.54. The van der Waals surface area contributed by atoms with Crippen LogP contribution in [0.15, 0.2) is 36.4 Å². The Balaban J connectivity index is 2.28. The highest BCUT2D eigenvalue weighted by Gasteiger charge is 2.26. The van der Waals surface area contributed by atoms with Gasteiger partial charge in [0.25, 0.3) is 0 Å². The molecule has 2 aromatic rings. The molecule has 0 bridgehead atoms. The summed E-state index contributed by atoms with van der Waals surface area (Å²) in [5.74, 6) is -0.405. The van der Waals surface area contributed by atoms with E-state index >= 15 is 0 Å². The Morgan fingerprint density at radius 2 is 1.76 bits per heavy atom. The molecular weight excluding hydrogens is 322 g/mol. The zero-order chi connectivity index (χ0) is 18.6. The summed E-state index contributed by atoms with van der Waals surface area (Å²) in [6, 6.07) is 9.72. The molecule has 0 aliphatic rings. The number of phenols is 1. The van der Waals surface area contributed by atoms with Crippen LogP contribution in [0.5, 0.6) is 5.75 Å². The smallest absolute Gasteiger partial charge is 0.408 e. The molecule has 2 aromatic carbocycles. The van der Waals surface area contributed by atoms with E-state index in [1.54, 1.807) is 39.0 Å². The Morgan fingerprint density at radius 3 is 2.36 bits per heavy atom. The normalized spacial score (nSPS) is 12.5. The Bertz CT molecular complexity index is 779. The maximum atomic E-state index is 12.1. The summed E-state index contributed by atoms with van der Waals surface area (Å²) in [6.07, 6.45) is -0.474. The van der Waals surface area contributed by atoms with Gasteiger partial charge in [0, 0.05) is 11.8 Å². The first-order valence-electron chi connectivity index (χ1n) is 7.98. The summed E-state index contributed by atoms with van der Waals surface area (Å²) >= 11 is 0. The van der Waals surface area contributed by atoms with Crippen molar-refractivity contribution in [3.63, 3.8) is 0 Å². The lowest BCUT2D eigenvalue weighted by atomic mass is 9.98. The van der Waals surface area contributed by atoms with Gasteiger partial charge in [-0.05, 0) is 37.8 Å². The fraction of sp³-hybridized carbons (Fsp3) is 0.368. The molecule has 0 aliphatic heterocycles. The van der Waals surface area contributed by atoms with Crippen molar-refractivity contribution >= 4 is 22.8 Å². The van der Waals surface area contributed by atoms with Crippen LogP contribution in [0.2, 0.25) is 0 Å². The summed E-state index contributed by atoms with van der Waals surface area (Å²) in [4.78, 5) is 24.1. The van der Waals surface area contributed by atoms with Crippen molar-refractivity contribution in [3.05, 3.63) is 42.0 Å². The molecule has 0 aliphatic carbocycles. The molecule has 0 heterocycles. The Labute approximate surface area is 146 Å². The molecule has 25 heavy (non-hydrogen) atoms. The van der Waals surface area contributed by atoms with E-state index in [9.17, 15) is 14.7 Å². The first-order valence-corrected chi connectivity index (χ1v) is 7.98. The number of fused-ring (bicyclic) bond motifs is 1. The molecule has 0 aromatic heterocycles. The molecule has 0 unspecified atom stereocenters. The largest absolute Gasteiger partial charge is 0.507 e. The molecule has 1 atom stereocenters. The van der Waals surface area contributed by atoms with Gasteiger partial charge in [0.05, 0.1) is 7.11 Å². The lowest BCUT2D eigenvalue weighted by Gasteiger charge is -2.23. The molecular formula is C19H23NO5. The maximum Gasteiger partial charge on any atom is 0.408 e. The third-order valence-electron chi connectivity index (χ3n) is 3.59. The van der Waals surface area contributed by atoms with Gasteiger partial charge in [-0.3, -0.25) is 0 Å². The molecule has 2 rings (SSSR count). The quantitative estimate of drug-likeness (QED) is 0.832. The van der Waals surface area contributed by atoms with Crippen molar-refractivity contribution in [1.29, 1.82) is 0 Å². The summed E-state index contributed by atoms with van der Waals surface area (Å²) < 4.78 is 10.0. The minimum atomic E-state index is -0.896. The number of esters is 1. The summed E-state index contributed by atoms with van der Waals surface area (Å²) in [7, 11) is 1.26. The number of benzene rings is 2. The zero-order valence-corrected chi connectivity index (χ0v) is 14.8. The lowest BCUT2D eigenvalue weighted by Crippen LogP contribution is -2.45. The van der Waals surface area contributed by atoms with Crippen LogP contribution >= 0.6 is 0 Å². The monoisotopic (exact) mass is 345 g/mol. The SMILES string of the molecule is COC(=O)[C@H](Cc1ccc(O)c2ccccc12)NC(=O)OC(C)(C)C. The highest BCUT2D eigenvalue weighted by Crippen LogP contribution is 2.28. The van der Waals surface area contributed by atoms with Gasteiger partial charge >= 0.3 is 12.1 Å². The van der Waals surface area contributed by atoms with Crippen LogP contribution in [-0.2, 0) is 20.7 Å².